The Morgan fingerprint density at radius 1 is 1.00 bits per heavy atom. The SMILES string of the molecule is COC(=O)[C@]12C(=O)[C@@](C)(O)C(=O)[C@@]1(C)C(C)=C[C@H]1[C@@]3(C)CC[C@H](OC(C)=O)C(C)(C)[C@@H]3CC[C@@]12C. The van der Waals surface area contributed by atoms with E-state index >= 15 is 0 Å². The van der Waals surface area contributed by atoms with Crippen LogP contribution in [0.1, 0.15) is 81.1 Å². The van der Waals surface area contributed by atoms with Crippen molar-refractivity contribution in [3.63, 3.8) is 0 Å². The molecule has 4 aliphatic rings. The molecule has 0 heterocycles. The molecule has 7 heteroatoms. The summed E-state index contributed by atoms with van der Waals surface area (Å²) in [5.41, 5.74) is -6.57. The topological polar surface area (TPSA) is 107 Å². The number of allylic oxidation sites excluding steroid dienone is 2. The molecule has 0 aliphatic heterocycles. The van der Waals surface area contributed by atoms with Crippen molar-refractivity contribution >= 4 is 23.5 Å². The van der Waals surface area contributed by atoms with E-state index in [2.05, 4.69) is 26.8 Å². The van der Waals surface area contributed by atoms with E-state index in [0.717, 1.165) is 6.42 Å². The molecule has 0 radical (unpaired) electrons. The first kappa shape index (κ1) is 26.1. The lowest BCUT2D eigenvalue weighted by molar-refractivity contribution is -0.219. The van der Waals surface area contributed by atoms with E-state index in [9.17, 15) is 24.3 Å². The van der Waals surface area contributed by atoms with Gasteiger partial charge < -0.3 is 14.6 Å². The molecule has 0 aromatic rings. The van der Waals surface area contributed by atoms with Crippen LogP contribution < -0.4 is 0 Å². The molecule has 4 aliphatic carbocycles. The number of carbonyl (C=O) groups is 4. The van der Waals surface area contributed by atoms with Crippen molar-refractivity contribution in [2.24, 2.45) is 38.9 Å². The highest BCUT2D eigenvalue weighted by Crippen LogP contribution is 2.76. The van der Waals surface area contributed by atoms with Crippen LogP contribution in [-0.2, 0) is 28.7 Å². The van der Waals surface area contributed by atoms with Crippen LogP contribution in [0.4, 0.5) is 0 Å². The smallest absolute Gasteiger partial charge is 0.321 e. The van der Waals surface area contributed by atoms with Gasteiger partial charge in [-0.05, 0) is 69.1 Å². The second-order valence-corrected chi connectivity index (χ2v) is 12.9. The maximum Gasteiger partial charge on any atom is 0.321 e. The van der Waals surface area contributed by atoms with Gasteiger partial charge in [0, 0.05) is 12.3 Å². The number of ether oxygens (including phenoxy) is 2. The third-order valence-electron chi connectivity index (χ3n) is 11.1. The van der Waals surface area contributed by atoms with E-state index in [1.165, 1.54) is 21.0 Å². The Kier molecular flexibility index (Phi) is 5.41. The van der Waals surface area contributed by atoms with Crippen LogP contribution >= 0.6 is 0 Å². The normalized spacial score (nSPS) is 48.3. The Hall–Kier alpha value is -2.02. The molecule has 0 aromatic heterocycles. The fraction of sp³-hybridized carbons (Fsp3) is 0.786. The molecule has 0 spiro atoms. The van der Waals surface area contributed by atoms with Gasteiger partial charge in [0.2, 0.25) is 0 Å². The first-order valence-electron chi connectivity index (χ1n) is 12.7. The summed E-state index contributed by atoms with van der Waals surface area (Å²) in [6.07, 6.45) is 4.49. The minimum atomic E-state index is -2.28. The van der Waals surface area contributed by atoms with Crippen LogP contribution in [0, 0.1) is 38.9 Å². The molecule has 1 N–H and O–H groups in total. The third kappa shape index (κ3) is 2.66. The van der Waals surface area contributed by atoms with Crippen molar-refractivity contribution in [1.82, 2.24) is 0 Å². The van der Waals surface area contributed by atoms with Crippen LogP contribution in [0.25, 0.3) is 0 Å². The third-order valence-corrected chi connectivity index (χ3v) is 11.1. The molecule has 3 saturated carbocycles. The van der Waals surface area contributed by atoms with Crippen molar-refractivity contribution in [2.45, 2.75) is 92.8 Å². The molecular weight excluding hydrogens is 448 g/mol. The van der Waals surface area contributed by atoms with Crippen LogP contribution in [0.5, 0.6) is 0 Å². The molecule has 8 atom stereocenters. The highest BCUT2D eigenvalue weighted by molar-refractivity contribution is 6.30. The number of methoxy groups -OCH3 is 1. The van der Waals surface area contributed by atoms with Gasteiger partial charge in [0.25, 0.3) is 0 Å². The number of rotatable bonds is 2. The monoisotopic (exact) mass is 488 g/mol. The van der Waals surface area contributed by atoms with Gasteiger partial charge in [0.05, 0.1) is 12.5 Å². The van der Waals surface area contributed by atoms with Gasteiger partial charge in [-0.3, -0.25) is 19.2 Å². The molecule has 194 valence electrons. The fourth-order valence-corrected chi connectivity index (χ4v) is 9.43. The Morgan fingerprint density at radius 3 is 2.14 bits per heavy atom. The maximum atomic E-state index is 14.1. The summed E-state index contributed by atoms with van der Waals surface area (Å²) in [6.45, 7) is 14.5. The summed E-state index contributed by atoms with van der Waals surface area (Å²) in [4.78, 5) is 53.4. The first-order valence-corrected chi connectivity index (χ1v) is 12.7. The van der Waals surface area contributed by atoms with Gasteiger partial charge >= 0.3 is 11.9 Å². The minimum Gasteiger partial charge on any atom is -0.468 e. The highest BCUT2D eigenvalue weighted by atomic mass is 16.5. The summed E-state index contributed by atoms with van der Waals surface area (Å²) in [5, 5.41) is 11.2. The predicted octanol–water partition coefficient (Wildman–Crippen LogP) is 3.81. The summed E-state index contributed by atoms with van der Waals surface area (Å²) in [5.74, 6) is -2.49. The number of Topliss-reactive ketones (excluding diaryl/α,β-unsaturated/α-hetero) is 2. The quantitative estimate of drug-likeness (QED) is 0.358. The second kappa shape index (κ2) is 7.27. The van der Waals surface area contributed by atoms with E-state index < -0.39 is 39.4 Å². The number of hydrogen-bond acceptors (Lipinski definition) is 7. The van der Waals surface area contributed by atoms with Crippen molar-refractivity contribution in [2.75, 3.05) is 7.11 Å². The number of esters is 2. The van der Waals surface area contributed by atoms with Crippen LogP contribution in [0.3, 0.4) is 0 Å². The van der Waals surface area contributed by atoms with Gasteiger partial charge in [-0.1, -0.05) is 39.3 Å². The number of ketones is 2. The standard InChI is InChI=1S/C28H40O7/c1-15-14-18-24(5)12-11-19(35-16(2)29)23(3,4)17(24)10-13-25(18,6)28(22(32)34-9)21(31)27(8,33)20(30)26(15,28)7/h14,17-19,33H,10-13H2,1-9H3/t17-,18-,19-,24-,25-,26+,27-,28-/m0/s1. The van der Waals surface area contributed by atoms with E-state index in [0.29, 0.717) is 24.8 Å². The van der Waals surface area contributed by atoms with Crippen molar-refractivity contribution in [1.29, 1.82) is 0 Å². The molecule has 0 saturated heterocycles. The summed E-state index contributed by atoms with van der Waals surface area (Å²) < 4.78 is 11.0. The van der Waals surface area contributed by atoms with Crippen molar-refractivity contribution < 1.29 is 33.8 Å². The molecule has 0 bridgehead atoms. The Balaban J connectivity index is 1.97. The zero-order valence-electron chi connectivity index (χ0n) is 22.5. The lowest BCUT2D eigenvalue weighted by Crippen LogP contribution is -2.70. The zero-order valence-corrected chi connectivity index (χ0v) is 22.5. The average Bonchev–Trinajstić information content (AvgIpc) is 2.88. The lowest BCUT2D eigenvalue weighted by Gasteiger charge is -2.68. The summed E-state index contributed by atoms with van der Waals surface area (Å²) in [7, 11) is 1.25. The highest BCUT2D eigenvalue weighted by Gasteiger charge is 2.85. The Labute approximate surface area is 208 Å². The van der Waals surface area contributed by atoms with Gasteiger partial charge in [-0.25, -0.2) is 0 Å². The largest absolute Gasteiger partial charge is 0.468 e. The molecular formula is C28H40O7. The lowest BCUT2D eigenvalue weighted by atomic mass is 9.34. The van der Waals surface area contributed by atoms with E-state index in [4.69, 9.17) is 9.47 Å². The Morgan fingerprint density at radius 2 is 1.60 bits per heavy atom. The summed E-state index contributed by atoms with van der Waals surface area (Å²) >= 11 is 0. The molecule has 0 amide bonds. The summed E-state index contributed by atoms with van der Waals surface area (Å²) in [6, 6.07) is 0. The molecule has 4 rings (SSSR count). The van der Waals surface area contributed by atoms with Gasteiger partial charge in [-0.15, -0.1) is 0 Å². The Bertz CT molecular complexity index is 1050. The number of aliphatic hydroxyl groups is 1. The van der Waals surface area contributed by atoms with E-state index in [1.807, 2.05) is 6.92 Å². The van der Waals surface area contributed by atoms with Crippen LogP contribution in [0.15, 0.2) is 11.6 Å². The van der Waals surface area contributed by atoms with E-state index in [-0.39, 0.29) is 34.7 Å². The van der Waals surface area contributed by atoms with E-state index in [1.54, 1.807) is 13.8 Å². The van der Waals surface area contributed by atoms with Crippen molar-refractivity contribution in [3.8, 4) is 0 Å². The zero-order chi connectivity index (χ0) is 26.6. The van der Waals surface area contributed by atoms with Gasteiger partial charge in [0.15, 0.2) is 22.6 Å². The number of carbonyl (C=O) groups excluding carboxylic acids is 4. The molecule has 35 heavy (non-hydrogen) atoms. The predicted molar refractivity (Wildman–Crippen MR) is 128 cm³/mol. The van der Waals surface area contributed by atoms with Crippen molar-refractivity contribution in [3.05, 3.63) is 11.6 Å². The molecule has 0 aromatic carbocycles. The van der Waals surface area contributed by atoms with Gasteiger partial charge in [0.1, 0.15) is 6.10 Å². The number of hydrogen-bond donors (Lipinski definition) is 1. The average molecular weight is 489 g/mol. The fourth-order valence-electron chi connectivity index (χ4n) is 9.43. The molecule has 0 unspecified atom stereocenters. The van der Waals surface area contributed by atoms with Crippen LogP contribution in [-0.4, -0.2) is 47.4 Å². The van der Waals surface area contributed by atoms with Gasteiger partial charge in [-0.2, -0.15) is 0 Å². The maximum absolute atomic E-state index is 14.1. The molecule has 3 fully saturated rings. The number of fused-ring (bicyclic) bond motifs is 5. The molecule has 7 nitrogen and oxygen atoms in total. The first-order chi connectivity index (χ1) is 15.9. The second-order valence-electron chi connectivity index (χ2n) is 12.9. The van der Waals surface area contributed by atoms with Crippen LogP contribution in [0.2, 0.25) is 0 Å². The minimum absolute atomic E-state index is 0.155.